The molecule has 0 amide bonds. The molecule has 1 aromatic rings. The molecule has 0 radical (unpaired) electrons. The average Bonchev–Trinajstić information content (AvgIpc) is 2.39. The maximum Gasteiger partial charge on any atom is 0.123 e. The van der Waals surface area contributed by atoms with Crippen LogP contribution in [0.4, 0.5) is 0 Å². The summed E-state index contributed by atoms with van der Waals surface area (Å²) >= 11 is 6.00. The fraction of sp³-hybridized carbons (Fsp3) is 0.571. The molecule has 1 aromatic carbocycles. The van der Waals surface area contributed by atoms with Crippen molar-refractivity contribution in [3.63, 3.8) is 0 Å². The maximum absolute atomic E-state index is 6.13. The third-order valence-electron chi connectivity index (χ3n) is 3.86. The minimum atomic E-state index is 0.386. The summed E-state index contributed by atoms with van der Waals surface area (Å²) in [7, 11) is 0. The zero-order chi connectivity index (χ0) is 11.7. The van der Waals surface area contributed by atoms with Crippen molar-refractivity contribution in [2.24, 2.45) is 5.92 Å². The van der Waals surface area contributed by atoms with E-state index in [0.717, 1.165) is 36.7 Å². The third kappa shape index (κ3) is 2.43. The molecule has 0 bridgehead atoms. The lowest BCUT2D eigenvalue weighted by atomic mass is 9.88. The fourth-order valence-corrected chi connectivity index (χ4v) is 3.10. The largest absolute Gasteiger partial charge is 0.490 e. The molecule has 1 N–H and O–H groups in total. The lowest BCUT2D eigenvalue weighted by Gasteiger charge is -2.34. The average molecular weight is 252 g/mol. The molecule has 3 rings (SSSR count). The van der Waals surface area contributed by atoms with Crippen molar-refractivity contribution in [2.45, 2.75) is 31.8 Å². The predicted molar refractivity (Wildman–Crippen MR) is 69.8 cm³/mol. The van der Waals surface area contributed by atoms with Crippen molar-refractivity contribution in [2.75, 3.05) is 13.1 Å². The summed E-state index contributed by atoms with van der Waals surface area (Å²) in [6.07, 6.45) is 5.17. The molecule has 0 spiro atoms. The number of nitrogens with one attached hydrogen (secondary N) is 1. The van der Waals surface area contributed by atoms with Gasteiger partial charge in [-0.15, -0.1) is 0 Å². The quantitative estimate of drug-likeness (QED) is 0.829. The first-order valence-corrected chi connectivity index (χ1v) is 6.86. The van der Waals surface area contributed by atoms with Crippen LogP contribution in [0.5, 0.6) is 5.75 Å². The highest BCUT2D eigenvalue weighted by molar-refractivity contribution is 6.30. The molecule has 0 aliphatic carbocycles. The van der Waals surface area contributed by atoms with Crippen LogP contribution in [-0.2, 0) is 6.42 Å². The van der Waals surface area contributed by atoms with Gasteiger partial charge in [-0.25, -0.2) is 0 Å². The SMILES string of the molecule is Clc1ccc2c(c1)CCC(C1CCCNC1)O2. The Kier molecular flexibility index (Phi) is 3.26. The summed E-state index contributed by atoms with van der Waals surface area (Å²) in [6, 6.07) is 5.97. The Morgan fingerprint density at radius 3 is 3.06 bits per heavy atom. The molecule has 17 heavy (non-hydrogen) atoms. The van der Waals surface area contributed by atoms with Crippen LogP contribution < -0.4 is 10.1 Å². The van der Waals surface area contributed by atoms with E-state index in [1.807, 2.05) is 18.2 Å². The second kappa shape index (κ2) is 4.87. The minimum absolute atomic E-state index is 0.386. The van der Waals surface area contributed by atoms with Gasteiger partial charge in [0, 0.05) is 17.5 Å². The number of fused-ring (bicyclic) bond motifs is 1. The summed E-state index contributed by atoms with van der Waals surface area (Å²) in [5, 5.41) is 4.27. The van der Waals surface area contributed by atoms with E-state index in [9.17, 15) is 0 Å². The van der Waals surface area contributed by atoms with Gasteiger partial charge in [0.2, 0.25) is 0 Å². The van der Waals surface area contributed by atoms with Crippen molar-refractivity contribution in [3.8, 4) is 5.75 Å². The summed E-state index contributed by atoms with van der Waals surface area (Å²) in [4.78, 5) is 0. The Morgan fingerprint density at radius 1 is 1.29 bits per heavy atom. The van der Waals surface area contributed by atoms with E-state index >= 15 is 0 Å². The van der Waals surface area contributed by atoms with Crippen LogP contribution in [0.1, 0.15) is 24.8 Å². The molecule has 3 heteroatoms. The Balaban J connectivity index is 1.73. The van der Waals surface area contributed by atoms with E-state index in [1.165, 1.54) is 18.4 Å². The van der Waals surface area contributed by atoms with Gasteiger partial charge in [-0.3, -0.25) is 0 Å². The summed E-state index contributed by atoms with van der Waals surface area (Å²) in [6.45, 7) is 2.27. The molecule has 92 valence electrons. The zero-order valence-electron chi connectivity index (χ0n) is 9.92. The number of piperidine rings is 1. The molecule has 2 aliphatic rings. The van der Waals surface area contributed by atoms with E-state index in [2.05, 4.69) is 5.32 Å². The number of aryl methyl sites for hydroxylation is 1. The highest BCUT2D eigenvalue weighted by atomic mass is 35.5. The monoisotopic (exact) mass is 251 g/mol. The van der Waals surface area contributed by atoms with E-state index in [0.29, 0.717) is 12.0 Å². The van der Waals surface area contributed by atoms with Crippen LogP contribution in [0.25, 0.3) is 0 Å². The maximum atomic E-state index is 6.13. The van der Waals surface area contributed by atoms with Crippen LogP contribution in [0.15, 0.2) is 18.2 Å². The van der Waals surface area contributed by atoms with Crippen molar-refractivity contribution in [3.05, 3.63) is 28.8 Å². The molecule has 2 heterocycles. The molecule has 2 aliphatic heterocycles. The minimum Gasteiger partial charge on any atom is -0.490 e. The Labute approximate surface area is 107 Å². The lowest BCUT2D eigenvalue weighted by Crippen LogP contribution is -2.40. The Morgan fingerprint density at radius 2 is 2.24 bits per heavy atom. The van der Waals surface area contributed by atoms with Crippen LogP contribution >= 0.6 is 11.6 Å². The molecule has 0 aromatic heterocycles. The number of hydrogen-bond donors (Lipinski definition) is 1. The summed E-state index contributed by atoms with van der Waals surface area (Å²) in [5.74, 6) is 1.71. The van der Waals surface area contributed by atoms with Gasteiger partial charge >= 0.3 is 0 Å². The molecule has 0 saturated carbocycles. The van der Waals surface area contributed by atoms with Crippen molar-refractivity contribution >= 4 is 11.6 Å². The third-order valence-corrected chi connectivity index (χ3v) is 4.09. The van der Waals surface area contributed by atoms with Gasteiger partial charge in [0.15, 0.2) is 0 Å². The second-order valence-corrected chi connectivity index (χ2v) is 5.49. The fourth-order valence-electron chi connectivity index (χ4n) is 2.91. The lowest BCUT2D eigenvalue weighted by molar-refractivity contribution is 0.0948. The van der Waals surface area contributed by atoms with Gasteiger partial charge in [0.1, 0.15) is 11.9 Å². The smallest absolute Gasteiger partial charge is 0.123 e. The second-order valence-electron chi connectivity index (χ2n) is 5.05. The van der Waals surface area contributed by atoms with Crippen LogP contribution in [0.2, 0.25) is 5.02 Å². The molecular weight excluding hydrogens is 234 g/mol. The summed E-state index contributed by atoms with van der Waals surface area (Å²) in [5.41, 5.74) is 1.26. The molecule has 1 saturated heterocycles. The van der Waals surface area contributed by atoms with Crippen LogP contribution in [-0.4, -0.2) is 19.2 Å². The van der Waals surface area contributed by atoms with Crippen molar-refractivity contribution < 1.29 is 4.74 Å². The van der Waals surface area contributed by atoms with Gasteiger partial charge in [-0.2, -0.15) is 0 Å². The van der Waals surface area contributed by atoms with Crippen LogP contribution in [0, 0.1) is 5.92 Å². The van der Waals surface area contributed by atoms with Gasteiger partial charge in [-0.05, 0) is 56.0 Å². The molecular formula is C14H18ClNO. The number of halogens is 1. The van der Waals surface area contributed by atoms with Crippen molar-refractivity contribution in [1.82, 2.24) is 5.32 Å². The first-order valence-electron chi connectivity index (χ1n) is 6.49. The standard InChI is InChI=1S/C14H18ClNO/c15-12-4-6-13-10(8-12)3-5-14(17-13)11-2-1-7-16-9-11/h4,6,8,11,14,16H,1-3,5,7,9H2. The molecule has 2 nitrogen and oxygen atoms in total. The first-order chi connectivity index (χ1) is 8.33. The normalized spacial score (nSPS) is 28.3. The summed E-state index contributed by atoms with van der Waals surface area (Å²) < 4.78 is 6.13. The van der Waals surface area contributed by atoms with Gasteiger partial charge in [-0.1, -0.05) is 11.6 Å². The first kappa shape index (κ1) is 11.4. The van der Waals surface area contributed by atoms with Crippen LogP contribution in [0.3, 0.4) is 0 Å². The molecule has 2 unspecified atom stereocenters. The molecule has 2 atom stereocenters. The van der Waals surface area contributed by atoms with E-state index in [-0.39, 0.29) is 0 Å². The van der Waals surface area contributed by atoms with E-state index < -0.39 is 0 Å². The van der Waals surface area contributed by atoms with E-state index in [1.54, 1.807) is 0 Å². The predicted octanol–water partition coefficient (Wildman–Crippen LogP) is 3.03. The Bertz CT molecular complexity index is 401. The zero-order valence-corrected chi connectivity index (χ0v) is 10.7. The number of hydrogen-bond acceptors (Lipinski definition) is 2. The topological polar surface area (TPSA) is 21.3 Å². The van der Waals surface area contributed by atoms with E-state index in [4.69, 9.17) is 16.3 Å². The molecule has 1 fully saturated rings. The Hall–Kier alpha value is -0.730. The highest BCUT2D eigenvalue weighted by Gasteiger charge is 2.28. The van der Waals surface area contributed by atoms with Gasteiger partial charge < -0.3 is 10.1 Å². The number of rotatable bonds is 1. The number of ether oxygens (including phenoxy) is 1. The van der Waals surface area contributed by atoms with Gasteiger partial charge in [0.05, 0.1) is 0 Å². The van der Waals surface area contributed by atoms with Crippen molar-refractivity contribution in [1.29, 1.82) is 0 Å². The highest BCUT2D eigenvalue weighted by Crippen LogP contribution is 2.33. The van der Waals surface area contributed by atoms with Gasteiger partial charge in [0.25, 0.3) is 0 Å². The number of benzene rings is 1.